The molecule has 10 amide bonds. The Morgan fingerprint density at radius 3 is 1.22 bits per heavy atom. The standard InChI is InChI=1S/C65H76N22O12/c1-79(18-11-15-68-56(89)37-13-10-14-38(21-37)65(98)99)19-12-16-69-57(90)46-23-40(30-81(46)3)71-59(92)48-25-43(33-83(48)5)74-62(95)51-28-45(35-86(51)8)76-64(97)55-78-52(36-87(55)9)77-53(88)22-39(66)29-70-58(91)47-24-41(31-82(47)4)72-60(93)49-26-42(32-84(49)6)73-61(94)50-27-44(34-85(50)7)75-63(96)54-67-17-20-80(54)2/h10,13-14,17,20-21,23-28,30-36,39H,11-12,15-16,18-19,22,29,66H2,1-9H3,(H,68,89)(H,69,90)(H,70,91)(H,71,92)(H,72,93)(H,73,94)(H,74,95)(H,75,96)(H,76,97)(H,77,88)(H,98,99)/p+2/t39-/m1/s1. The third kappa shape index (κ3) is 17.9. The zero-order valence-corrected chi connectivity index (χ0v) is 55.8. The Labute approximate surface area is 565 Å². The van der Waals surface area contributed by atoms with Gasteiger partial charge in [0.25, 0.3) is 53.2 Å². The molecule has 0 spiro atoms. The van der Waals surface area contributed by atoms with Crippen LogP contribution in [0.2, 0.25) is 0 Å². The predicted molar refractivity (Wildman–Crippen MR) is 363 cm³/mol. The predicted octanol–water partition coefficient (Wildman–Crippen LogP) is 1.22. The first-order chi connectivity index (χ1) is 47.1. The quantitative estimate of drug-likeness (QED) is 0.0294. The zero-order valence-electron chi connectivity index (χ0n) is 55.8. The fourth-order valence-corrected chi connectivity index (χ4v) is 10.8. The molecule has 0 bridgehead atoms. The number of benzene rings is 1. The van der Waals surface area contributed by atoms with Gasteiger partial charge in [-0.3, -0.25) is 47.9 Å². The second-order valence-electron chi connectivity index (χ2n) is 23.9. The molecular formula is C65H78N22O12+2. The third-order valence-corrected chi connectivity index (χ3v) is 15.9. The number of carbonyl (C=O) groups excluding carboxylic acids is 10. The number of imidazole rings is 2. The Kier molecular flexibility index (Phi) is 22.1. The molecule has 0 aliphatic heterocycles. The van der Waals surface area contributed by atoms with Crippen LogP contribution in [-0.2, 0) is 61.2 Å². The number of aromatic carboxylic acids is 1. The minimum absolute atomic E-state index is 0.00495. The van der Waals surface area contributed by atoms with Gasteiger partial charge in [0.2, 0.25) is 11.7 Å². The molecule has 0 aliphatic rings. The number of amides is 10. The second-order valence-corrected chi connectivity index (χ2v) is 23.9. The van der Waals surface area contributed by atoms with E-state index in [2.05, 4.69) is 68.9 Å². The van der Waals surface area contributed by atoms with Gasteiger partial charge in [0.15, 0.2) is 11.6 Å². The van der Waals surface area contributed by atoms with E-state index in [0.717, 1.165) is 13.1 Å². The van der Waals surface area contributed by atoms with Crippen molar-refractivity contribution in [3.8, 4) is 0 Å². The Balaban J connectivity index is 0.674. The fraction of sp³-hybridized carbons (Fsp3) is 0.277. The largest absolute Gasteiger partial charge is 0.478 e. The summed E-state index contributed by atoms with van der Waals surface area (Å²) in [5.41, 5.74) is 7.59. The Morgan fingerprint density at radius 1 is 0.444 bits per heavy atom. The van der Waals surface area contributed by atoms with E-state index in [1.807, 2.05) is 7.05 Å². The van der Waals surface area contributed by atoms with Gasteiger partial charge in [-0.2, -0.15) is 0 Å². The van der Waals surface area contributed by atoms with Crippen molar-refractivity contribution < 1.29 is 68.5 Å². The van der Waals surface area contributed by atoms with Gasteiger partial charge in [-0.05, 0) is 54.6 Å². The molecule has 8 heterocycles. The van der Waals surface area contributed by atoms with E-state index >= 15 is 0 Å². The number of nitrogens with zero attached hydrogens (tertiary/aromatic N) is 10. The zero-order chi connectivity index (χ0) is 71.5. The molecule has 99 heavy (non-hydrogen) atoms. The Morgan fingerprint density at radius 2 is 0.818 bits per heavy atom. The van der Waals surface area contributed by atoms with Crippen LogP contribution >= 0.6 is 0 Å². The molecule has 0 saturated carbocycles. The summed E-state index contributed by atoms with van der Waals surface area (Å²) in [4.78, 5) is 153. The van der Waals surface area contributed by atoms with Crippen LogP contribution in [0, 0.1) is 0 Å². The summed E-state index contributed by atoms with van der Waals surface area (Å²) in [6.45, 7) is 2.33. The maximum atomic E-state index is 13.6. The molecule has 2 atom stereocenters. The van der Waals surface area contributed by atoms with Crippen molar-refractivity contribution in [1.29, 1.82) is 0 Å². The smallest absolute Gasteiger partial charge is 0.335 e. The van der Waals surface area contributed by atoms with E-state index < -0.39 is 59.3 Å². The first kappa shape index (κ1) is 70.7. The van der Waals surface area contributed by atoms with E-state index in [-0.39, 0.29) is 87.5 Å². The molecule has 518 valence electrons. The van der Waals surface area contributed by atoms with Crippen LogP contribution in [0.1, 0.15) is 124 Å². The van der Waals surface area contributed by atoms with E-state index in [0.29, 0.717) is 60.1 Å². The van der Waals surface area contributed by atoms with Crippen LogP contribution < -0.4 is 63.8 Å². The summed E-state index contributed by atoms with van der Waals surface area (Å²) >= 11 is 0. The SMILES string of the molecule is Cn1cc(NC(=O)c2cc(NC(=O)c3cc(NC(=O)c4nc(NC(=O)C[C@@H]([NH3+])CNC(=O)c5cc(NC(=O)c6cc(NC(=O)c7cc(NC(=O)c8nccn8C)cn7C)cn6C)cn5C)cn4C)cn3C)cn2C)cc1C(=O)NCCC[NH+](C)CCCNC(=O)c1cccc(C(=O)O)c1. The van der Waals surface area contributed by atoms with Gasteiger partial charge in [0, 0.05) is 144 Å². The lowest BCUT2D eigenvalue weighted by atomic mass is 10.1. The Hall–Kier alpha value is -12.6. The molecule has 9 rings (SSSR count). The maximum absolute atomic E-state index is 13.6. The van der Waals surface area contributed by atoms with Crippen molar-refractivity contribution in [3.63, 3.8) is 0 Å². The number of nitrogens with one attached hydrogen (secondary N) is 11. The summed E-state index contributed by atoms with van der Waals surface area (Å²) in [6.07, 6.45) is 15.2. The summed E-state index contributed by atoms with van der Waals surface area (Å²) in [7, 11) is 15.1. The van der Waals surface area contributed by atoms with Gasteiger partial charge in [0.05, 0.1) is 72.8 Å². The van der Waals surface area contributed by atoms with Crippen molar-refractivity contribution >= 4 is 105 Å². The van der Waals surface area contributed by atoms with E-state index in [1.54, 1.807) is 119 Å². The van der Waals surface area contributed by atoms with Gasteiger partial charge in [0.1, 0.15) is 40.2 Å². The molecule has 34 heteroatoms. The topological polar surface area (TPSA) is 426 Å². The summed E-state index contributed by atoms with van der Waals surface area (Å²) in [6, 6.07) is 14.2. The highest BCUT2D eigenvalue weighted by molar-refractivity contribution is 6.10. The minimum atomic E-state index is -1.11. The van der Waals surface area contributed by atoms with E-state index in [4.69, 9.17) is 0 Å². The number of aromatic nitrogens is 10. The highest BCUT2D eigenvalue weighted by atomic mass is 16.4. The molecule has 15 N–H and O–H groups in total. The molecule has 0 radical (unpaired) electrons. The third-order valence-electron chi connectivity index (χ3n) is 15.9. The van der Waals surface area contributed by atoms with Crippen LogP contribution in [0.4, 0.5) is 39.9 Å². The summed E-state index contributed by atoms with van der Waals surface area (Å²) in [5.74, 6) is -5.74. The number of anilines is 7. The molecule has 0 aliphatic carbocycles. The number of carboxylic acids is 1. The molecule has 8 aromatic heterocycles. The molecule has 34 nitrogen and oxygen atoms in total. The lowest BCUT2D eigenvalue weighted by Gasteiger charge is -2.14. The van der Waals surface area contributed by atoms with Crippen molar-refractivity contribution in [2.45, 2.75) is 25.3 Å². The van der Waals surface area contributed by atoms with E-state index in [9.17, 15) is 57.8 Å². The Bertz CT molecular complexity index is 4600. The van der Waals surface area contributed by atoms with Gasteiger partial charge >= 0.3 is 5.97 Å². The van der Waals surface area contributed by atoms with Crippen LogP contribution in [0.15, 0.2) is 116 Å². The average Bonchev–Trinajstić information content (AvgIpc) is 1.72. The first-order valence-corrected chi connectivity index (χ1v) is 31.1. The average molecular weight is 1360 g/mol. The number of hydrogen-bond acceptors (Lipinski definition) is 13. The highest BCUT2D eigenvalue weighted by Gasteiger charge is 2.25. The van der Waals surface area contributed by atoms with Gasteiger partial charge in [-0.15, -0.1) is 0 Å². The molecule has 0 saturated heterocycles. The number of hydrogen-bond donors (Lipinski definition) is 13. The lowest BCUT2D eigenvalue weighted by molar-refractivity contribution is -0.879. The van der Waals surface area contributed by atoms with Crippen molar-refractivity contribution in [3.05, 3.63) is 173 Å². The van der Waals surface area contributed by atoms with Gasteiger partial charge in [-0.25, -0.2) is 14.8 Å². The molecular weight excluding hydrogens is 1280 g/mol. The van der Waals surface area contributed by atoms with Crippen molar-refractivity contribution in [2.24, 2.45) is 56.4 Å². The first-order valence-electron chi connectivity index (χ1n) is 31.1. The van der Waals surface area contributed by atoms with E-state index in [1.165, 1.54) is 94.9 Å². The van der Waals surface area contributed by atoms with Crippen molar-refractivity contribution in [1.82, 2.24) is 62.5 Å². The molecule has 0 fully saturated rings. The number of carbonyl (C=O) groups is 11. The number of quaternary nitrogens is 2. The van der Waals surface area contributed by atoms with Gasteiger partial charge < -0.3 is 105 Å². The van der Waals surface area contributed by atoms with Crippen LogP contribution in [0.3, 0.4) is 0 Å². The second kappa shape index (κ2) is 30.9. The maximum Gasteiger partial charge on any atom is 0.335 e. The monoisotopic (exact) mass is 1360 g/mol. The molecule has 9 aromatic rings. The number of aryl methyl sites for hydroxylation is 8. The summed E-state index contributed by atoms with van der Waals surface area (Å²) < 4.78 is 12.2. The number of rotatable bonds is 29. The fourth-order valence-electron chi connectivity index (χ4n) is 10.8. The van der Waals surface area contributed by atoms with Crippen molar-refractivity contribution in [2.75, 3.05) is 77.0 Å². The normalized spacial score (nSPS) is 11.7. The van der Waals surface area contributed by atoms with Crippen LogP contribution in [-0.4, -0.2) is 162 Å². The minimum Gasteiger partial charge on any atom is -0.478 e. The van der Waals surface area contributed by atoms with Gasteiger partial charge in [-0.1, -0.05) is 6.07 Å². The lowest BCUT2D eigenvalue weighted by Crippen LogP contribution is -3.09. The highest BCUT2D eigenvalue weighted by Crippen LogP contribution is 2.23. The molecule has 1 unspecified atom stereocenters. The molecule has 1 aromatic carbocycles. The number of carboxylic acid groups (broad SMARTS) is 1. The van der Waals surface area contributed by atoms with Crippen LogP contribution in [0.25, 0.3) is 0 Å². The summed E-state index contributed by atoms with van der Waals surface area (Å²) in [5, 5.41) is 36.9. The van der Waals surface area contributed by atoms with Crippen LogP contribution in [0.5, 0.6) is 0 Å².